The molecular weight excluding hydrogens is 164 g/mol. The van der Waals surface area contributed by atoms with Crippen LogP contribution in [0.2, 0.25) is 0 Å². The summed E-state index contributed by atoms with van der Waals surface area (Å²) < 4.78 is 0. The molecule has 0 aromatic heterocycles. The van der Waals surface area contributed by atoms with Gasteiger partial charge in [0.05, 0.1) is 0 Å². The van der Waals surface area contributed by atoms with E-state index >= 15 is 0 Å². The average molecular weight is 186 g/mol. The first-order valence-electron chi connectivity index (χ1n) is 4.77. The summed E-state index contributed by atoms with van der Waals surface area (Å²) in [7, 11) is 1.56. The second kappa shape index (κ2) is 13.7. The monoisotopic (exact) mass is 186 g/mol. The molecule has 0 aromatic carbocycles. The summed E-state index contributed by atoms with van der Waals surface area (Å²) in [5, 5.41) is 2.36. The summed E-state index contributed by atoms with van der Waals surface area (Å²) in [6.45, 7) is 6.29. The second-order valence-corrected chi connectivity index (χ2v) is 2.67. The van der Waals surface area contributed by atoms with Gasteiger partial charge in [-0.1, -0.05) is 32.8 Å². The minimum Gasteiger partial charge on any atom is -0.356 e. The zero-order valence-corrected chi connectivity index (χ0v) is 8.81. The molecule has 0 aliphatic carbocycles. The van der Waals surface area contributed by atoms with E-state index in [1.54, 1.807) is 7.05 Å². The molecule has 1 amide bonds. The first-order chi connectivity index (χ1) is 6.22. The van der Waals surface area contributed by atoms with Crippen molar-refractivity contribution in [1.82, 2.24) is 5.32 Å². The predicted octanol–water partition coefficient (Wildman–Crippen LogP) is 1.44. The molecular formula is C10H22N2O. The fourth-order valence-electron chi connectivity index (χ4n) is 0.673. The molecule has 78 valence electrons. The Hall–Kier alpha value is -0.830. The molecule has 0 atom stereocenters. The van der Waals surface area contributed by atoms with Gasteiger partial charge in [0.15, 0.2) is 0 Å². The lowest BCUT2D eigenvalue weighted by molar-refractivity contribution is -0.116. The largest absolute Gasteiger partial charge is 0.356 e. The number of likely N-dealkylation sites (N-methyl/N-ethyl adjacent to an activating group) is 1. The smallest absolute Gasteiger partial charge is 0.243 e. The molecule has 0 aromatic rings. The van der Waals surface area contributed by atoms with Crippen molar-refractivity contribution in [2.45, 2.75) is 32.6 Å². The predicted molar refractivity (Wildman–Crippen MR) is 57.5 cm³/mol. The molecule has 3 heteroatoms. The summed E-state index contributed by atoms with van der Waals surface area (Å²) >= 11 is 0. The van der Waals surface area contributed by atoms with Crippen molar-refractivity contribution in [2.75, 3.05) is 13.6 Å². The first-order valence-corrected chi connectivity index (χ1v) is 4.77. The number of hydrogen-bond acceptors (Lipinski definition) is 2. The summed E-state index contributed by atoms with van der Waals surface area (Å²) in [4.78, 5) is 9.95. The van der Waals surface area contributed by atoms with Crippen molar-refractivity contribution in [1.29, 1.82) is 0 Å². The van der Waals surface area contributed by atoms with E-state index in [-0.39, 0.29) is 5.91 Å². The molecule has 0 fully saturated rings. The number of carbonyl (C=O) groups excluding carboxylic acids is 1. The van der Waals surface area contributed by atoms with Gasteiger partial charge in [-0.25, -0.2) is 0 Å². The van der Waals surface area contributed by atoms with Crippen molar-refractivity contribution in [3.8, 4) is 0 Å². The summed E-state index contributed by atoms with van der Waals surface area (Å²) in [6, 6.07) is 0. The maximum Gasteiger partial charge on any atom is 0.243 e. The summed E-state index contributed by atoms with van der Waals surface area (Å²) in [5.41, 5.74) is 5.27. The number of nitrogens with two attached hydrogens (primary N) is 1. The van der Waals surface area contributed by atoms with Gasteiger partial charge in [0, 0.05) is 7.05 Å². The normalized spacial score (nSPS) is 8.23. The van der Waals surface area contributed by atoms with Crippen LogP contribution < -0.4 is 11.1 Å². The van der Waals surface area contributed by atoms with Crippen LogP contribution in [0, 0.1) is 0 Å². The lowest BCUT2D eigenvalue weighted by Gasteiger charge is -1.90. The Labute approximate surface area is 81.4 Å². The molecule has 0 saturated heterocycles. The van der Waals surface area contributed by atoms with Crippen molar-refractivity contribution in [3.63, 3.8) is 0 Å². The molecule has 0 aliphatic heterocycles. The molecule has 0 saturated carbocycles. The molecule has 0 radical (unpaired) electrons. The van der Waals surface area contributed by atoms with Crippen LogP contribution in [0.1, 0.15) is 32.6 Å². The van der Waals surface area contributed by atoms with E-state index in [1.807, 2.05) is 0 Å². The van der Waals surface area contributed by atoms with Gasteiger partial charge in [0.2, 0.25) is 5.91 Å². The van der Waals surface area contributed by atoms with E-state index in [0.29, 0.717) is 0 Å². The zero-order valence-electron chi connectivity index (χ0n) is 8.81. The third-order valence-corrected chi connectivity index (χ3v) is 1.49. The van der Waals surface area contributed by atoms with Gasteiger partial charge in [-0.3, -0.25) is 4.79 Å². The van der Waals surface area contributed by atoms with Gasteiger partial charge in [-0.15, -0.1) is 0 Å². The Balaban J connectivity index is 0. The Morgan fingerprint density at radius 3 is 2.31 bits per heavy atom. The minimum absolute atomic E-state index is 0.144. The Morgan fingerprint density at radius 2 is 2.08 bits per heavy atom. The molecule has 0 bridgehead atoms. The minimum atomic E-state index is -0.144. The molecule has 0 unspecified atom stereocenters. The van der Waals surface area contributed by atoms with Crippen LogP contribution in [0.4, 0.5) is 0 Å². The molecule has 0 rings (SSSR count). The maximum atomic E-state index is 9.95. The molecule has 13 heavy (non-hydrogen) atoms. The van der Waals surface area contributed by atoms with Crippen molar-refractivity contribution >= 4 is 5.91 Å². The van der Waals surface area contributed by atoms with E-state index in [1.165, 1.54) is 31.8 Å². The van der Waals surface area contributed by atoms with Gasteiger partial charge in [0.1, 0.15) is 0 Å². The van der Waals surface area contributed by atoms with E-state index in [4.69, 9.17) is 5.73 Å². The second-order valence-electron chi connectivity index (χ2n) is 2.67. The van der Waals surface area contributed by atoms with Gasteiger partial charge in [0.25, 0.3) is 0 Å². The number of amides is 1. The van der Waals surface area contributed by atoms with Crippen LogP contribution in [0.25, 0.3) is 0 Å². The van der Waals surface area contributed by atoms with Crippen LogP contribution in [0.5, 0.6) is 0 Å². The molecule has 3 N–H and O–H groups in total. The third-order valence-electron chi connectivity index (χ3n) is 1.49. The first kappa shape index (κ1) is 14.7. The maximum absolute atomic E-state index is 9.95. The fraction of sp³-hybridized carbons (Fsp3) is 0.700. The van der Waals surface area contributed by atoms with E-state index in [0.717, 1.165) is 6.54 Å². The summed E-state index contributed by atoms with van der Waals surface area (Å²) in [5.74, 6) is -0.144. The van der Waals surface area contributed by atoms with Gasteiger partial charge >= 0.3 is 0 Å². The van der Waals surface area contributed by atoms with E-state index in [2.05, 4.69) is 18.8 Å². The number of rotatable bonds is 5. The number of unbranched alkanes of at least 4 members (excludes halogenated alkanes) is 3. The van der Waals surface area contributed by atoms with Crippen LogP contribution >= 0.6 is 0 Å². The standard InChI is InChI=1S/C6H15N.C4H7NO/c1-2-3-4-5-6-7;1-3-4(6)5-2/h2-7H2,1H3;3H,1H2,2H3,(H,5,6). The lowest BCUT2D eigenvalue weighted by Crippen LogP contribution is -2.13. The zero-order chi connectivity index (χ0) is 10.5. The number of carbonyl (C=O) groups is 1. The average Bonchev–Trinajstić information content (AvgIpc) is 2.18. The molecule has 3 nitrogen and oxygen atoms in total. The third kappa shape index (κ3) is 18.3. The quantitative estimate of drug-likeness (QED) is 0.504. The number of nitrogens with one attached hydrogen (secondary N) is 1. The van der Waals surface area contributed by atoms with Crippen LogP contribution in [0.3, 0.4) is 0 Å². The van der Waals surface area contributed by atoms with Crippen molar-refractivity contribution < 1.29 is 4.79 Å². The Kier molecular flexibility index (Phi) is 15.5. The molecule has 0 spiro atoms. The molecule has 0 heterocycles. The highest BCUT2D eigenvalue weighted by Gasteiger charge is 1.80. The van der Waals surface area contributed by atoms with E-state index < -0.39 is 0 Å². The van der Waals surface area contributed by atoms with Crippen LogP contribution in [0.15, 0.2) is 12.7 Å². The fourth-order valence-corrected chi connectivity index (χ4v) is 0.673. The van der Waals surface area contributed by atoms with Gasteiger partial charge in [-0.05, 0) is 19.0 Å². The Bertz CT molecular complexity index is 120. The van der Waals surface area contributed by atoms with Gasteiger partial charge < -0.3 is 11.1 Å². The summed E-state index contributed by atoms with van der Waals surface area (Å²) in [6.07, 6.45) is 6.39. The van der Waals surface area contributed by atoms with Crippen molar-refractivity contribution in [2.24, 2.45) is 5.73 Å². The SMILES string of the molecule is C=CC(=O)NC.CCCCCCN. The highest BCUT2D eigenvalue weighted by atomic mass is 16.1. The van der Waals surface area contributed by atoms with Gasteiger partial charge in [-0.2, -0.15) is 0 Å². The number of hydrogen-bond donors (Lipinski definition) is 2. The molecule has 0 aliphatic rings. The van der Waals surface area contributed by atoms with E-state index in [9.17, 15) is 4.79 Å². The van der Waals surface area contributed by atoms with Crippen molar-refractivity contribution in [3.05, 3.63) is 12.7 Å². The van der Waals surface area contributed by atoms with Crippen LogP contribution in [-0.4, -0.2) is 19.5 Å². The highest BCUT2D eigenvalue weighted by molar-refractivity contribution is 5.86. The van der Waals surface area contributed by atoms with Crippen LogP contribution in [-0.2, 0) is 4.79 Å². The lowest BCUT2D eigenvalue weighted by atomic mass is 10.2. The topological polar surface area (TPSA) is 55.1 Å². The highest BCUT2D eigenvalue weighted by Crippen LogP contribution is 1.95. The Morgan fingerprint density at radius 1 is 1.46 bits per heavy atom.